The molecule has 1 heterocycles. The molecule has 0 unspecified atom stereocenters. The highest BCUT2D eigenvalue weighted by molar-refractivity contribution is 7.99. The maximum atomic E-state index is 12.9. The van der Waals surface area contributed by atoms with Crippen molar-refractivity contribution in [3.63, 3.8) is 0 Å². The first-order valence-electron chi connectivity index (χ1n) is 10.9. The Kier molecular flexibility index (Phi) is 8.08. The summed E-state index contributed by atoms with van der Waals surface area (Å²) in [6.07, 6.45) is 0.753. The minimum atomic E-state index is -0.427. The minimum Gasteiger partial charge on any atom is -0.482 e. The summed E-state index contributed by atoms with van der Waals surface area (Å²) in [5.41, 5.74) is 1.99. The van der Waals surface area contributed by atoms with Crippen molar-refractivity contribution in [2.75, 3.05) is 18.5 Å². The molecule has 1 amide bonds. The number of esters is 1. The predicted octanol–water partition coefficient (Wildman–Crippen LogP) is 4.60. The highest BCUT2D eigenvalue weighted by Gasteiger charge is 2.14. The molecule has 1 aromatic heterocycles. The second kappa shape index (κ2) is 11.8. The van der Waals surface area contributed by atoms with Crippen molar-refractivity contribution < 1.29 is 19.1 Å². The lowest BCUT2D eigenvalue weighted by Crippen LogP contribution is -2.15. The van der Waals surface area contributed by atoms with E-state index in [4.69, 9.17) is 9.47 Å². The molecule has 0 aliphatic carbocycles. The van der Waals surface area contributed by atoms with E-state index in [2.05, 4.69) is 25.9 Å². The van der Waals surface area contributed by atoms with Crippen LogP contribution in [0, 0.1) is 0 Å². The van der Waals surface area contributed by atoms with Crippen LogP contribution < -0.4 is 10.1 Å². The number of carbonyl (C=O) groups is 2. The SMILES string of the molecule is CCCOC(=O)COc1ccc(C(=O)Nc2ccccc2Sc2ccccc2-c2nnn[nH]2)cc1. The molecule has 0 atom stereocenters. The van der Waals surface area contributed by atoms with Crippen molar-refractivity contribution in [2.45, 2.75) is 23.1 Å². The Morgan fingerprint density at radius 3 is 2.46 bits per heavy atom. The normalized spacial score (nSPS) is 10.5. The van der Waals surface area contributed by atoms with Gasteiger partial charge in [-0.15, -0.1) is 5.10 Å². The number of carbonyl (C=O) groups excluding carboxylic acids is 2. The monoisotopic (exact) mass is 489 g/mol. The summed E-state index contributed by atoms with van der Waals surface area (Å²) in [4.78, 5) is 26.3. The van der Waals surface area contributed by atoms with Gasteiger partial charge in [0.25, 0.3) is 5.91 Å². The maximum absolute atomic E-state index is 12.9. The average Bonchev–Trinajstić information content (AvgIpc) is 3.43. The van der Waals surface area contributed by atoms with Gasteiger partial charge in [0.2, 0.25) is 0 Å². The topological polar surface area (TPSA) is 119 Å². The molecule has 0 fully saturated rings. The zero-order valence-electron chi connectivity index (χ0n) is 18.9. The molecule has 2 N–H and O–H groups in total. The molecule has 9 nitrogen and oxygen atoms in total. The minimum absolute atomic E-state index is 0.179. The Morgan fingerprint density at radius 2 is 1.71 bits per heavy atom. The number of hydrogen-bond donors (Lipinski definition) is 2. The number of para-hydroxylation sites is 1. The van der Waals surface area contributed by atoms with E-state index in [0.29, 0.717) is 29.4 Å². The van der Waals surface area contributed by atoms with Gasteiger partial charge in [-0.25, -0.2) is 9.89 Å². The third-order valence-electron chi connectivity index (χ3n) is 4.78. The van der Waals surface area contributed by atoms with Crippen molar-refractivity contribution in [2.24, 2.45) is 0 Å². The average molecular weight is 490 g/mol. The van der Waals surface area contributed by atoms with Gasteiger partial charge in [-0.1, -0.05) is 43.0 Å². The molecule has 0 radical (unpaired) electrons. The molecule has 0 spiro atoms. The van der Waals surface area contributed by atoms with E-state index >= 15 is 0 Å². The molecule has 0 saturated heterocycles. The van der Waals surface area contributed by atoms with Crippen LogP contribution in [0.2, 0.25) is 0 Å². The second-order valence-corrected chi connectivity index (χ2v) is 8.42. The number of benzene rings is 3. The Balaban J connectivity index is 1.43. The molecule has 4 rings (SSSR count). The molecule has 4 aromatic rings. The largest absolute Gasteiger partial charge is 0.482 e. The quantitative estimate of drug-likeness (QED) is 0.310. The summed E-state index contributed by atoms with van der Waals surface area (Å²) in [5, 5.41) is 17.1. The Hall–Kier alpha value is -4.18. The molecular weight excluding hydrogens is 466 g/mol. The first-order chi connectivity index (χ1) is 17.1. The zero-order valence-corrected chi connectivity index (χ0v) is 19.7. The van der Waals surface area contributed by atoms with Gasteiger partial charge in [-0.2, -0.15) is 0 Å². The maximum Gasteiger partial charge on any atom is 0.344 e. The number of amides is 1. The van der Waals surface area contributed by atoms with Crippen LogP contribution in [0.25, 0.3) is 11.4 Å². The van der Waals surface area contributed by atoms with Crippen LogP contribution in [-0.2, 0) is 9.53 Å². The van der Waals surface area contributed by atoms with E-state index in [-0.39, 0.29) is 12.5 Å². The summed E-state index contributed by atoms with van der Waals surface area (Å²) >= 11 is 1.50. The van der Waals surface area contributed by atoms with Crippen LogP contribution >= 0.6 is 11.8 Å². The van der Waals surface area contributed by atoms with Crippen LogP contribution in [-0.4, -0.2) is 45.7 Å². The standard InChI is InChI=1S/C25H23N5O4S/c1-2-15-33-23(31)16-34-18-13-11-17(12-14-18)25(32)26-20-8-4-6-10-22(20)35-21-9-5-3-7-19(21)24-27-29-30-28-24/h3-14H,2,15-16H2,1H3,(H,26,32)(H,27,28,29,30). The van der Waals surface area contributed by atoms with E-state index in [9.17, 15) is 9.59 Å². The molecule has 0 aliphatic rings. The number of aromatic nitrogens is 4. The smallest absolute Gasteiger partial charge is 0.344 e. The zero-order chi connectivity index (χ0) is 24.5. The number of H-pyrrole nitrogens is 1. The summed E-state index contributed by atoms with van der Waals surface area (Å²) < 4.78 is 10.4. The third-order valence-corrected chi connectivity index (χ3v) is 5.93. The highest BCUT2D eigenvalue weighted by Crippen LogP contribution is 2.38. The van der Waals surface area contributed by atoms with Crippen LogP contribution in [0.4, 0.5) is 5.69 Å². The molecule has 0 aliphatic heterocycles. The molecule has 0 saturated carbocycles. The van der Waals surface area contributed by atoms with E-state index in [1.165, 1.54) is 11.8 Å². The Labute approximate surface area is 206 Å². The molecular formula is C25H23N5O4S. The summed E-state index contributed by atoms with van der Waals surface area (Å²) in [7, 11) is 0. The fraction of sp³-hybridized carbons (Fsp3) is 0.160. The Bertz CT molecular complexity index is 1280. The van der Waals surface area contributed by atoms with Crippen molar-refractivity contribution in [3.8, 4) is 17.1 Å². The molecule has 10 heteroatoms. The number of anilines is 1. The lowest BCUT2D eigenvalue weighted by Gasteiger charge is -2.12. The van der Waals surface area contributed by atoms with E-state index < -0.39 is 5.97 Å². The number of rotatable bonds is 10. The van der Waals surface area contributed by atoms with E-state index in [0.717, 1.165) is 21.8 Å². The summed E-state index contributed by atoms with van der Waals surface area (Å²) in [6.45, 7) is 2.11. The second-order valence-electron chi connectivity index (χ2n) is 7.33. The lowest BCUT2D eigenvalue weighted by molar-refractivity contribution is -0.146. The molecule has 0 bridgehead atoms. The number of aromatic amines is 1. The van der Waals surface area contributed by atoms with Crippen LogP contribution in [0.5, 0.6) is 5.75 Å². The summed E-state index contributed by atoms with van der Waals surface area (Å²) in [5.74, 6) is 0.351. The molecule has 178 valence electrons. The number of hydrogen-bond acceptors (Lipinski definition) is 8. The first kappa shape index (κ1) is 24.0. The molecule has 3 aromatic carbocycles. The fourth-order valence-corrected chi connectivity index (χ4v) is 4.13. The lowest BCUT2D eigenvalue weighted by atomic mass is 10.2. The number of ether oxygens (including phenoxy) is 2. The van der Waals surface area contributed by atoms with Gasteiger partial charge < -0.3 is 14.8 Å². The van der Waals surface area contributed by atoms with Gasteiger partial charge >= 0.3 is 5.97 Å². The fourth-order valence-electron chi connectivity index (χ4n) is 3.10. The van der Waals surface area contributed by atoms with Crippen molar-refractivity contribution in [1.29, 1.82) is 0 Å². The van der Waals surface area contributed by atoms with Crippen molar-refractivity contribution in [3.05, 3.63) is 78.4 Å². The number of tetrazole rings is 1. The van der Waals surface area contributed by atoms with E-state index in [1.54, 1.807) is 24.3 Å². The predicted molar refractivity (Wildman–Crippen MR) is 131 cm³/mol. The summed E-state index contributed by atoms with van der Waals surface area (Å²) in [6, 6.07) is 21.9. The molecule has 35 heavy (non-hydrogen) atoms. The number of nitrogens with one attached hydrogen (secondary N) is 2. The van der Waals surface area contributed by atoms with Crippen LogP contribution in [0.15, 0.2) is 82.6 Å². The van der Waals surface area contributed by atoms with Gasteiger partial charge in [-0.05, 0) is 65.4 Å². The van der Waals surface area contributed by atoms with Crippen molar-refractivity contribution in [1.82, 2.24) is 20.6 Å². The van der Waals surface area contributed by atoms with Crippen LogP contribution in [0.3, 0.4) is 0 Å². The first-order valence-corrected chi connectivity index (χ1v) is 11.8. The number of nitrogens with zero attached hydrogens (tertiary/aromatic N) is 3. The third kappa shape index (κ3) is 6.45. The van der Waals surface area contributed by atoms with Gasteiger partial charge in [0.15, 0.2) is 12.4 Å². The van der Waals surface area contributed by atoms with Gasteiger partial charge in [0.05, 0.1) is 12.3 Å². The van der Waals surface area contributed by atoms with Gasteiger partial charge in [-0.3, -0.25) is 4.79 Å². The van der Waals surface area contributed by atoms with Crippen molar-refractivity contribution >= 4 is 29.3 Å². The van der Waals surface area contributed by atoms with Crippen LogP contribution in [0.1, 0.15) is 23.7 Å². The Morgan fingerprint density at radius 1 is 0.971 bits per heavy atom. The highest BCUT2D eigenvalue weighted by atomic mass is 32.2. The van der Waals surface area contributed by atoms with Gasteiger partial charge in [0.1, 0.15) is 5.75 Å². The van der Waals surface area contributed by atoms with E-state index in [1.807, 2.05) is 55.5 Å². The van der Waals surface area contributed by atoms with Gasteiger partial charge in [0, 0.05) is 20.9 Å².